The van der Waals surface area contributed by atoms with Crippen LogP contribution in [0.1, 0.15) is 5.56 Å². The van der Waals surface area contributed by atoms with E-state index in [1.807, 2.05) is 29.1 Å². The van der Waals surface area contributed by atoms with Gasteiger partial charge in [0.1, 0.15) is 0 Å². The van der Waals surface area contributed by atoms with Crippen LogP contribution in [0.25, 0.3) is 0 Å². The van der Waals surface area contributed by atoms with Crippen molar-refractivity contribution < 1.29 is 4.74 Å². The van der Waals surface area contributed by atoms with Crippen molar-refractivity contribution in [3.63, 3.8) is 0 Å². The fraction of sp³-hybridized carbons (Fsp3) is 0.308. The first-order valence-corrected chi connectivity index (χ1v) is 7.05. The number of anilines is 1. The van der Waals surface area contributed by atoms with Crippen LogP contribution in [-0.2, 0) is 17.8 Å². The first-order chi connectivity index (χ1) is 9.19. The van der Waals surface area contributed by atoms with Gasteiger partial charge in [-0.05, 0) is 33.6 Å². The highest BCUT2D eigenvalue weighted by Crippen LogP contribution is 2.23. The van der Waals surface area contributed by atoms with Crippen molar-refractivity contribution in [2.45, 2.75) is 13.1 Å². The molecule has 0 fully saturated rings. The van der Waals surface area contributed by atoms with E-state index in [0.717, 1.165) is 27.3 Å². The Morgan fingerprint density at radius 2 is 2.32 bits per heavy atom. The van der Waals surface area contributed by atoms with Gasteiger partial charge in [0.2, 0.25) is 0 Å². The van der Waals surface area contributed by atoms with Crippen molar-refractivity contribution in [1.82, 2.24) is 9.78 Å². The third-order valence-electron chi connectivity index (χ3n) is 2.64. The molecule has 1 aromatic heterocycles. The molecule has 0 saturated heterocycles. The summed E-state index contributed by atoms with van der Waals surface area (Å²) < 4.78 is 7.76. The second-order valence-electron chi connectivity index (χ2n) is 4.09. The lowest BCUT2D eigenvalue weighted by molar-refractivity contribution is 0.183. The topological polar surface area (TPSA) is 39.1 Å². The maximum Gasteiger partial charge on any atom is 0.0729 e. The predicted molar refractivity (Wildman–Crippen MR) is 80.6 cm³/mol. The number of hydrogen-bond acceptors (Lipinski definition) is 3. The molecule has 0 unspecified atom stereocenters. The third-order valence-corrected chi connectivity index (χ3v) is 3.87. The summed E-state index contributed by atoms with van der Waals surface area (Å²) >= 11 is 9.43. The number of nitrogens with one attached hydrogen (secondary N) is 1. The lowest BCUT2D eigenvalue weighted by Gasteiger charge is -2.05. The Morgan fingerprint density at radius 3 is 3.05 bits per heavy atom. The molecule has 0 spiro atoms. The second kappa shape index (κ2) is 6.93. The summed E-state index contributed by atoms with van der Waals surface area (Å²) in [6.45, 7) is 2.12. The average molecular weight is 345 g/mol. The number of methoxy groups -OCH3 is 1. The van der Waals surface area contributed by atoms with Crippen molar-refractivity contribution in [2.75, 3.05) is 19.0 Å². The first-order valence-electron chi connectivity index (χ1n) is 5.88. The summed E-state index contributed by atoms with van der Waals surface area (Å²) in [5, 5.41) is 8.26. The zero-order valence-electron chi connectivity index (χ0n) is 10.6. The van der Waals surface area contributed by atoms with Gasteiger partial charge in [0.15, 0.2) is 0 Å². The van der Waals surface area contributed by atoms with E-state index in [-0.39, 0.29) is 0 Å². The van der Waals surface area contributed by atoms with Gasteiger partial charge in [-0.25, -0.2) is 0 Å². The number of hydrogen-bond donors (Lipinski definition) is 1. The minimum Gasteiger partial charge on any atom is -0.383 e. The SMILES string of the molecule is COCCn1cc(NCc2ccc(Br)c(Cl)c2)cn1. The molecule has 4 nitrogen and oxygen atoms in total. The van der Waals surface area contributed by atoms with Gasteiger partial charge in [-0.1, -0.05) is 17.7 Å². The molecule has 102 valence electrons. The third kappa shape index (κ3) is 4.23. The van der Waals surface area contributed by atoms with Crippen LogP contribution >= 0.6 is 27.5 Å². The number of benzene rings is 1. The van der Waals surface area contributed by atoms with Gasteiger partial charge < -0.3 is 10.1 Å². The Bertz CT molecular complexity index is 544. The summed E-state index contributed by atoms with van der Waals surface area (Å²) in [5.41, 5.74) is 2.10. The standard InChI is InChI=1S/C13H15BrClN3O/c1-19-5-4-18-9-11(8-17-18)16-7-10-2-3-12(14)13(15)6-10/h2-3,6,8-9,16H,4-5,7H2,1H3. The van der Waals surface area contributed by atoms with E-state index in [2.05, 4.69) is 26.3 Å². The molecule has 0 amide bonds. The van der Waals surface area contributed by atoms with E-state index in [0.29, 0.717) is 13.2 Å². The monoisotopic (exact) mass is 343 g/mol. The number of halogens is 2. The van der Waals surface area contributed by atoms with Crippen LogP contribution in [-0.4, -0.2) is 23.5 Å². The van der Waals surface area contributed by atoms with E-state index in [4.69, 9.17) is 16.3 Å². The lowest BCUT2D eigenvalue weighted by atomic mass is 10.2. The Morgan fingerprint density at radius 1 is 1.47 bits per heavy atom. The first kappa shape index (κ1) is 14.4. The van der Waals surface area contributed by atoms with Crippen LogP contribution in [0.2, 0.25) is 5.02 Å². The minimum atomic E-state index is 0.656. The van der Waals surface area contributed by atoms with E-state index < -0.39 is 0 Å². The molecule has 19 heavy (non-hydrogen) atoms. The quantitative estimate of drug-likeness (QED) is 0.871. The molecule has 0 aliphatic carbocycles. The van der Waals surface area contributed by atoms with Gasteiger partial charge >= 0.3 is 0 Å². The molecule has 0 saturated carbocycles. The highest BCUT2D eigenvalue weighted by atomic mass is 79.9. The van der Waals surface area contributed by atoms with E-state index in [1.165, 1.54) is 0 Å². The van der Waals surface area contributed by atoms with E-state index in [9.17, 15) is 0 Å². The molecule has 2 rings (SSSR count). The van der Waals surface area contributed by atoms with Gasteiger partial charge in [0, 0.05) is 24.3 Å². The van der Waals surface area contributed by atoms with Crippen LogP contribution < -0.4 is 5.32 Å². The van der Waals surface area contributed by atoms with Crippen molar-refractivity contribution in [1.29, 1.82) is 0 Å². The van der Waals surface area contributed by atoms with E-state index in [1.54, 1.807) is 13.3 Å². The molecule has 1 aromatic carbocycles. The van der Waals surface area contributed by atoms with Crippen molar-refractivity contribution >= 4 is 33.2 Å². The molecule has 1 N–H and O–H groups in total. The molecule has 0 atom stereocenters. The number of ether oxygens (including phenoxy) is 1. The normalized spacial score (nSPS) is 10.7. The maximum atomic E-state index is 6.05. The van der Waals surface area contributed by atoms with E-state index >= 15 is 0 Å². The summed E-state index contributed by atoms with van der Waals surface area (Å²) in [6.07, 6.45) is 3.76. The molecule has 2 aromatic rings. The molecule has 0 bridgehead atoms. The molecular formula is C13H15BrClN3O. The Labute approximate surface area is 125 Å². The fourth-order valence-corrected chi connectivity index (χ4v) is 2.07. The van der Waals surface area contributed by atoms with Crippen LogP contribution in [0.15, 0.2) is 35.1 Å². The second-order valence-corrected chi connectivity index (χ2v) is 5.35. The molecule has 0 aliphatic heterocycles. The van der Waals surface area contributed by atoms with Gasteiger partial charge in [-0.15, -0.1) is 0 Å². The molecule has 0 radical (unpaired) electrons. The number of aromatic nitrogens is 2. The Balaban J connectivity index is 1.91. The molecular weight excluding hydrogens is 330 g/mol. The van der Waals surface area contributed by atoms with Crippen molar-refractivity contribution in [3.05, 3.63) is 45.7 Å². The Hall–Kier alpha value is -1.04. The van der Waals surface area contributed by atoms with Crippen molar-refractivity contribution in [2.24, 2.45) is 0 Å². The van der Waals surface area contributed by atoms with Crippen molar-refractivity contribution in [3.8, 4) is 0 Å². The summed E-state index contributed by atoms with van der Waals surface area (Å²) in [5.74, 6) is 0. The minimum absolute atomic E-state index is 0.656. The molecule has 1 heterocycles. The fourth-order valence-electron chi connectivity index (χ4n) is 1.62. The van der Waals surface area contributed by atoms with Gasteiger partial charge in [-0.2, -0.15) is 5.10 Å². The lowest BCUT2D eigenvalue weighted by Crippen LogP contribution is -2.04. The predicted octanol–water partition coefficient (Wildman–Crippen LogP) is 3.56. The summed E-state index contributed by atoms with van der Waals surface area (Å²) in [6, 6.07) is 5.91. The number of nitrogens with zero attached hydrogens (tertiary/aromatic N) is 2. The number of rotatable bonds is 6. The summed E-state index contributed by atoms with van der Waals surface area (Å²) in [4.78, 5) is 0. The van der Waals surface area contributed by atoms with Crippen LogP contribution in [0, 0.1) is 0 Å². The van der Waals surface area contributed by atoms with Gasteiger partial charge in [-0.3, -0.25) is 4.68 Å². The molecule has 0 aliphatic rings. The molecule has 6 heteroatoms. The van der Waals surface area contributed by atoms with Gasteiger partial charge in [0.05, 0.1) is 30.1 Å². The average Bonchev–Trinajstić information content (AvgIpc) is 2.86. The zero-order chi connectivity index (χ0) is 13.7. The van der Waals surface area contributed by atoms with Crippen LogP contribution in [0.3, 0.4) is 0 Å². The van der Waals surface area contributed by atoms with Crippen LogP contribution in [0.4, 0.5) is 5.69 Å². The zero-order valence-corrected chi connectivity index (χ0v) is 12.9. The summed E-state index contributed by atoms with van der Waals surface area (Å²) in [7, 11) is 1.68. The maximum absolute atomic E-state index is 6.05. The largest absolute Gasteiger partial charge is 0.383 e. The smallest absolute Gasteiger partial charge is 0.0729 e. The van der Waals surface area contributed by atoms with Crippen LogP contribution in [0.5, 0.6) is 0 Å². The Kier molecular flexibility index (Phi) is 5.24. The highest BCUT2D eigenvalue weighted by Gasteiger charge is 2.01. The van der Waals surface area contributed by atoms with Gasteiger partial charge in [0.25, 0.3) is 0 Å². The highest BCUT2D eigenvalue weighted by molar-refractivity contribution is 9.10.